The van der Waals surface area contributed by atoms with Crippen LogP contribution >= 0.6 is 7.82 Å². The third-order valence-corrected chi connectivity index (χ3v) is 11.5. The summed E-state index contributed by atoms with van der Waals surface area (Å²) >= 11 is 0. The molecule has 1 fully saturated rings. The minimum Gasteiger partial charge on any atom is -0.462 e. The summed E-state index contributed by atoms with van der Waals surface area (Å²) in [6.07, 6.45) is 23.9. The molecule has 58 heavy (non-hydrogen) atoms. The van der Waals surface area contributed by atoms with Gasteiger partial charge in [-0.1, -0.05) is 141 Å². The maximum absolute atomic E-state index is 12.8. The molecular formula is C44H81O13P. The normalized spacial score (nSPS) is 22.7. The van der Waals surface area contributed by atoms with Gasteiger partial charge in [-0.15, -0.1) is 0 Å². The third kappa shape index (κ3) is 27.2. The molecule has 0 saturated heterocycles. The SMILES string of the molecule is CCC/C=C\CCCCCCCC(=O)OCC(COP(=O)(O)OC1C(O)C(O)C(O)C(O)C1O)OC(=O)CCCCCCCCCCC/C=C\CCCCCCCC. The standard InChI is InChI=1S/C44H81O13P/c1-3-5-7-9-11-13-15-16-17-18-19-20-21-22-23-25-27-29-31-33-38(46)56-36(34-54-37(45)32-30-28-26-24-14-12-10-8-6-4-2)35-55-58(52,53)57-44-42(50)40(48)39(47)41(49)43(44)51/h8,10,16-17,36,39-44,47-51H,3-7,9,11-15,18-35H2,1-2H3,(H,52,53)/b10-8-,17-16-. The second-order valence-corrected chi connectivity index (χ2v) is 17.3. The monoisotopic (exact) mass is 849 g/mol. The summed E-state index contributed by atoms with van der Waals surface area (Å²) in [4.78, 5) is 35.6. The molecule has 6 N–H and O–H groups in total. The molecule has 1 saturated carbocycles. The van der Waals surface area contributed by atoms with Gasteiger partial charge in [0.15, 0.2) is 6.10 Å². The Morgan fingerprint density at radius 1 is 0.517 bits per heavy atom. The predicted octanol–water partition coefficient (Wildman–Crippen LogP) is 8.45. The second kappa shape index (κ2) is 35.0. The smallest absolute Gasteiger partial charge is 0.462 e. The molecule has 0 aliphatic heterocycles. The van der Waals surface area contributed by atoms with Crippen LogP contribution in [-0.4, -0.2) is 98.3 Å². The van der Waals surface area contributed by atoms with Gasteiger partial charge in [0.2, 0.25) is 0 Å². The van der Waals surface area contributed by atoms with Crippen molar-refractivity contribution in [2.45, 2.75) is 230 Å². The number of aliphatic hydroxyl groups is 5. The van der Waals surface area contributed by atoms with Crippen molar-refractivity contribution in [2.75, 3.05) is 13.2 Å². The summed E-state index contributed by atoms with van der Waals surface area (Å²) in [5.74, 6) is -1.11. The van der Waals surface area contributed by atoms with E-state index in [0.717, 1.165) is 77.0 Å². The van der Waals surface area contributed by atoms with E-state index in [2.05, 4.69) is 38.2 Å². The van der Waals surface area contributed by atoms with E-state index in [4.69, 9.17) is 18.5 Å². The summed E-state index contributed by atoms with van der Waals surface area (Å²) in [6, 6.07) is 0. The molecule has 1 aliphatic carbocycles. The number of ether oxygens (including phenoxy) is 2. The molecule has 13 nitrogen and oxygen atoms in total. The highest BCUT2D eigenvalue weighted by Crippen LogP contribution is 2.47. The fourth-order valence-electron chi connectivity index (χ4n) is 6.81. The lowest BCUT2D eigenvalue weighted by molar-refractivity contribution is -0.220. The molecule has 0 bridgehead atoms. The lowest BCUT2D eigenvalue weighted by Gasteiger charge is -2.41. The van der Waals surface area contributed by atoms with E-state index in [1.165, 1.54) is 70.6 Å². The lowest BCUT2D eigenvalue weighted by atomic mass is 9.85. The molecule has 0 radical (unpaired) electrons. The van der Waals surface area contributed by atoms with Gasteiger partial charge in [-0.3, -0.25) is 18.6 Å². The number of hydrogen-bond acceptors (Lipinski definition) is 12. The van der Waals surface area contributed by atoms with E-state index in [0.29, 0.717) is 12.8 Å². The second-order valence-electron chi connectivity index (χ2n) is 15.9. The molecule has 0 amide bonds. The lowest BCUT2D eigenvalue weighted by Crippen LogP contribution is -2.64. The maximum atomic E-state index is 12.8. The van der Waals surface area contributed by atoms with Gasteiger partial charge in [0.1, 0.15) is 43.2 Å². The van der Waals surface area contributed by atoms with Gasteiger partial charge in [0.25, 0.3) is 0 Å². The summed E-state index contributed by atoms with van der Waals surface area (Å²) in [6.45, 7) is 3.22. The fraction of sp³-hybridized carbons (Fsp3) is 0.864. The Labute approximate surface area is 349 Å². The minimum atomic E-state index is -5.11. The zero-order valence-corrected chi connectivity index (χ0v) is 36.7. The van der Waals surface area contributed by atoms with E-state index in [9.17, 15) is 44.6 Å². The summed E-state index contributed by atoms with van der Waals surface area (Å²) in [7, 11) is -5.11. The Morgan fingerprint density at radius 2 is 0.914 bits per heavy atom. The van der Waals surface area contributed by atoms with Crippen molar-refractivity contribution in [3.8, 4) is 0 Å². The van der Waals surface area contributed by atoms with Crippen LogP contribution in [-0.2, 0) is 32.7 Å². The first-order valence-electron chi connectivity index (χ1n) is 22.6. The molecular weight excluding hydrogens is 767 g/mol. The molecule has 0 aromatic heterocycles. The number of aliphatic hydroxyl groups excluding tert-OH is 5. The van der Waals surface area contributed by atoms with Gasteiger partial charge < -0.3 is 39.9 Å². The van der Waals surface area contributed by atoms with Gasteiger partial charge in [-0.05, 0) is 57.8 Å². The number of unbranched alkanes of at least 4 members (excludes halogenated alkanes) is 21. The van der Waals surface area contributed by atoms with Gasteiger partial charge in [-0.25, -0.2) is 4.57 Å². The van der Waals surface area contributed by atoms with Crippen molar-refractivity contribution in [3.63, 3.8) is 0 Å². The van der Waals surface area contributed by atoms with Crippen LogP contribution in [0.2, 0.25) is 0 Å². The van der Waals surface area contributed by atoms with Crippen LogP contribution in [0, 0.1) is 0 Å². The third-order valence-electron chi connectivity index (χ3n) is 10.5. The van der Waals surface area contributed by atoms with Gasteiger partial charge >= 0.3 is 19.8 Å². The van der Waals surface area contributed by atoms with Crippen LogP contribution in [0.4, 0.5) is 0 Å². The molecule has 0 heterocycles. The van der Waals surface area contributed by atoms with Gasteiger partial charge in [0, 0.05) is 12.8 Å². The van der Waals surface area contributed by atoms with Crippen molar-refractivity contribution in [2.24, 2.45) is 0 Å². The predicted molar refractivity (Wildman–Crippen MR) is 226 cm³/mol. The van der Waals surface area contributed by atoms with Crippen LogP contribution in [0.5, 0.6) is 0 Å². The maximum Gasteiger partial charge on any atom is 0.472 e. The van der Waals surface area contributed by atoms with Crippen molar-refractivity contribution < 1.29 is 63.1 Å². The highest BCUT2D eigenvalue weighted by atomic mass is 31.2. The highest BCUT2D eigenvalue weighted by molar-refractivity contribution is 7.47. The molecule has 0 spiro atoms. The minimum absolute atomic E-state index is 0.0943. The molecule has 6 atom stereocenters. The van der Waals surface area contributed by atoms with E-state index < -0.39 is 75.7 Å². The van der Waals surface area contributed by atoms with Gasteiger partial charge in [-0.2, -0.15) is 0 Å². The van der Waals surface area contributed by atoms with E-state index in [1.54, 1.807) is 0 Å². The number of carbonyl (C=O) groups excluding carboxylic acids is 2. The average molecular weight is 849 g/mol. The van der Waals surface area contributed by atoms with Crippen LogP contribution in [0.25, 0.3) is 0 Å². The fourth-order valence-corrected chi connectivity index (χ4v) is 7.79. The molecule has 0 aromatic carbocycles. The molecule has 6 unspecified atom stereocenters. The summed E-state index contributed by atoms with van der Waals surface area (Å²) in [5.41, 5.74) is 0. The number of phosphoric ester groups is 1. The number of allylic oxidation sites excluding steroid dienone is 4. The van der Waals surface area contributed by atoms with Crippen molar-refractivity contribution in [1.29, 1.82) is 0 Å². The summed E-state index contributed by atoms with van der Waals surface area (Å²) in [5, 5.41) is 50.1. The Morgan fingerprint density at radius 3 is 1.38 bits per heavy atom. The molecule has 340 valence electrons. The Hall–Kier alpha value is -1.67. The van der Waals surface area contributed by atoms with Crippen LogP contribution in [0.1, 0.15) is 187 Å². The molecule has 1 rings (SSSR count). The largest absolute Gasteiger partial charge is 0.472 e. The van der Waals surface area contributed by atoms with E-state index >= 15 is 0 Å². The van der Waals surface area contributed by atoms with Crippen LogP contribution in [0.15, 0.2) is 24.3 Å². The number of carbonyl (C=O) groups is 2. The first kappa shape index (κ1) is 54.3. The average Bonchev–Trinajstić information content (AvgIpc) is 3.20. The summed E-state index contributed by atoms with van der Waals surface area (Å²) < 4.78 is 33.4. The van der Waals surface area contributed by atoms with Crippen molar-refractivity contribution >= 4 is 19.8 Å². The zero-order chi connectivity index (χ0) is 42.9. The number of hydrogen-bond donors (Lipinski definition) is 6. The number of esters is 2. The first-order valence-corrected chi connectivity index (χ1v) is 24.1. The Balaban J connectivity index is 2.43. The highest BCUT2D eigenvalue weighted by Gasteiger charge is 2.51. The van der Waals surface area contributed by atoms with E-state index in [-0.39, 0.29) is 12.8 Å². The number of rotatable bonds is 37. The Bertz CT molecular complexity index is 1120. The Kier molecular flexibility index (Phi) is 32.8. The molecule has 1 aliphatic rings. The van der Waals surface area contributed by atoms with Crippen molar-refractivity contribution in [1.82, 2.24) is 0 Å². The first-order chi connectivity index (χ1) is 27.9. The quantitative estimate of drug-likeness (QED) is 0.0150. The van der Waals surface area contributed by atoms with Gasteiger partial charge in [0.05, 0.1) is 6.61 Å². The topological polar surface area (TPSA) is 210 Å². The van der Waals surface area contributed by atoms with Crippen molar-refractivity contribution in [3.05, 3.63) is 24.3 Å². The number of phosphoric acid groups is 1. The van der Waals surface area contributed by atoms with Crippen LogP contribution in [0.3, 0.4) is 0 Å². The van der Waals surface area contributed by atoms with E-state index in [1.807, 2.05) is 0 Å². The molecule has 0 aromatic rings. The molecule has 14 heteroatoms. The zero-order valence-electron chi connectivity index (χ0n) is 35.8. The van der Waals surface area contributed by atoms with Crippen LogP contribution < -0.4 is 0 Å².